The molecule has 1 saturated carbocycles. The molecule has 0 saturated heterocycles. The van der Waals surface area contributed by atoms with Crippen molar-refractivity contribution < 1.29 is 13.5 Å². The average Bonchev–Trinajstić information content (AvgIpc) is 2.98. The highest BCUT2D eigenvalue weighted by Crippen LogP contribution is 2.19. The fraction of sp³-hybridized carbons (Fsp3) is 0.400. The predicted octanol–water partition coefficient (Wildman–Crippen LogP) is 0.479. The van der Waals surface area contributed by atoms with E-state index in [0.717, 1.165) is 18.4 Å². The minimum atomic E-state index is -3.41. The fourth-order valence-corrected chi connectivity index (χ4v) is 2.42. The molecule has 0 bridgehead atoms. The molecule has 0 aromatic heterocycles. The molecular formula is C10H14N2O3S. The molecule has 1 aliphatic carbocycles. The predicted molar refractivity (Wildman–Crippen MR) is 60.0 cm³/mol. The van der Waals surface area contributed by atoms with Crippen LogP contribution in [0.25, 0.3) is 0 Å². The second kappa shape index (κ2) is 4.40. The van der Waals surface area contributed by atoms with Gasteiger partial charge in [0.1, 0.15) is 5.75 Å². The van der Waals surface area contributed by atoms with Crippen molar-refractivity contribution in [2.45, 2.75) is 25.4 Å². The lowest BCUT2D eigenvalue weighted by Gasteiger charge is -2.07. The maximum absolute atomic E-state index is 11.5. The first-order valence-corrected chi connectivity index (χ1v) is 6.58. The van der Waals surface area contributed by atoms with Crippen LogP contribution in [0.5, 0.6) is 5.75 Å². The van der Waals surface area contributed by atoms with Crippen LogP contribution in [0.2, 0.25) is 0 Å². The van der Waals surface area contributed by atoms with Gasteiger partial charge in [-0.15, -0.1) is 0 Å². The largest absolute Gasteiger partial charge is 0.508 e. The standard InChI is InChI=1S/C10H14N2O3S/c13-10-3-1-2-8(6-10)7-11-16(14,15)12-9-4-5-9/h1-3,6,9,11-13H,4-5,7H2. The Balaban J connectivity index is 1.90. The number of benzene rings is 1. The minimum Gasteiger partial charge on any atom is -0.508 e. The third-order valence-corrected chi connectivity index (χ3v) is 3.44. The fourth-order valence-electron chi connectivity index (χ4n) is 1.31. The van der Waals surface area contributed by atoms with Crippen molar-refractivity contribution in [3.8, 4) is 5.75 Å². The van der Waals surface area contributed by atoms with Crippen molar-refractivity contribution in [2.75, 3.05) is 0 Å². The third kappa shape index (κ3) is 3.48. The summed E-state index contributed by atoms with van der Waals surface area (Å²) < 4.78 is 27.8. The number of phenols is 1. The maximum atomic E-state index is 11.5. The molecular weight excluding hydrogens is 228 g/mol. The smallest absolute Gasteiger partial charge is 0.277 e. The zero-order valence-corrected chi connectivity index (χ0v) is 9.50. The molecule has 0 aliphatic heterocycles. The number of rotatable bonds is 5. The first-order chi connectivity index (χ1) is 7.55. The van der Waals surface area contributed by atoms with Gasteiger partial charge in [0.2, 0.25) is 0 Å². The molecule has 1 aromatic rings. The molecule has 0 radical (unpaired) electrons. The van der Waals surface area contributed by atoms with Gasteiger partial charge in [-0.25, -0.2) is 0 Å². The lowest BCUT2D eigenvalue weighted by atomic mass is 10.2. The molecule has 88 valence electrons. The summed E-state index contributed by atoms with van der Waals surface area (Å²) >= 11 is 0. The summed E-state index contributed by atoms with van der Waals surface area (Å²) in [5, 5.41) is 9.21. The summed E-state index contributed by atoms with van der Waals surface area (Å²) in [6, 6.07) is 6.59. The van der Waals surface area contributed by atoms with Crippen molar-refractivity contribution >= 4 is 10.2 Å². The van der Waals surface area contributed by atoms with Gasteiger partial charge in [0.15, 0.2) is 0 Å². The van der Waals surface area contributed by atoms with Gasteiger partial charge in [-0.3, -0.25) is 0 Å². The highest BCUT2D eigenvalue weighted by molar-refractivity contribution is 7.87. The SMILES string of the molecule is O=S(=O)(NCc1cccc(O)c1)NC1CC1. The van der Waals surface area contributed by atoms with Crippen LogP contribution in [-0.2, 0) is 16.8 Å². The lowest BCUT2D eigenvalue weighted by molar-refractivity contribution is 0.474. The van der Waals surface area contributed by atoms with E-state index in [0.29, 0.717) is 0 Å². The van der Waals surface area contributed by atoms with Crippen LogP contribution in [-0.4, -0.2) is 19.6 Å². The Bertz CT molecular complexity index is 469. The Morgan fingerprint density at radius 1 is 1.38 bits per heavy atom. The Labute approximate surface area is 94.7 Å². The Kier molecular flexibility index (Phi) is 3.13. The van der Waals surface area contributed by atoms with Gasteiger partial charge >= 0.3 is 0 Å². The molecule has 0 amide bonds. The van der Waals surface area contributed by atoms with Gasteiger partial charge < -0.3 is 5.11 Å². The van der Waals surface area contributed by atoms with E-state index in [-0.39, 0.29) is 18.3 Å². The minimum absolute atomic E-state index is 0.0988. The van der Waals surface area contributed by atoms with E-state index in [4.69, 9.17) is 0 Å². The van der Waals surface area contributed by atoms with Crippen LogP contribution in [0.4, 0.5) is 0 Å². The number of aromatic hydroxyl groups is 1. The highest BCUT2D eigenvalue weighted by Gasteiger charge is 2.26. The lowest BCUT2D eigenvalue weighted by Crippen LogP contribution is -2.37. The van der Waals surface area contributed by atoms with E-state index >= 15 is 0 Å². The van der Waals surface area contributed by atoms with Crippen molar-refractivity contribution in [3.05, 3.63) is 29.8 Å². The number of hydrogen-bond donors (Lipinski definition) is 3. The second-order valence-electron chi connectivity index (χ2n) is 3.89. The van der Waals surface area contributed by atoms with E-state index < -0.39 is 10.2 Å². The van der Waals surface area contributed by atoms with E-state index in [1.165, 1.54) is 6.07 Å². The van der Waals surface area contributed by atoms with Crippen molar-refractivity contribution in [1.82, 2.24) is 9.44 Å². The van der Waals surface area contributed by atoms with Crippen molar-refractivity contribution in [2.24, 2.45) is 0 Å². The molecule has 16 heavy (non-hydrogen) atoms. The Morgan fingerprint density at radius 2 is 2.12 bits per heavy atom. The van der Waals surface area contributed by atoms with Gasteiger partial charge in [-0.2, -0.15) is 17.9 Å². The van der Waals surface area contributed by atoms with Crippen LogP contribution in [0.1, 0.15) is 18.4 Å². The molecule has 6 heteroatoms. The van der Waals surface area contributed by atoms with E-state index in [2.05, 4.69) is 9.44 Å². The van der Waals surface area contributed by atoms with Gasteiger partial charge in [0, 0.05) is 12.6 Å². The summed E-state index contributed by atoms with van der Waals surface area (Å²) in [4.78, 5) is 0. The molecule has 5 nitrogen and oxygen atoms in total. The van der Waals surface area contributed by atoms with Crippen molar-refractivity contribution in [3.63, 3.8) is 0 Å². The highest BCUT2D eigenvalue weighted by atomic mass is 32.2. The van der Waals surface area contributed by atoms with Gasteiger partial charge in [-0.1, -0.05) is 12.1 Å². The average molecular weight is 242 g/mol. The first-order valence-electron chi connectivity index (χ1n) is 5.10. The summed E-state index contributed by atoms with van der Waals surface area (Å²) in [5.74, 6) is 0.131. The van der Waals surface area contributed by atoms with Crippen LogP contribution < -0.4 is 9.44 Å². The Hall–Kier alpha value is -1.11. The normalized spacial score (nSPS) is 16.2. The molecule has 0 unspecified atom stereocenters. The van der Waals surface area contributed by atoms with Gasteiger partial charge in [-0.05, 0) is 30.5 Å². The molecule has 2 rings (SSSR count). The van der Waals surface area contributed by atoms with Crippen LogP contribution >= 0.6 is 0 Å². The third-order valence-electron chi connectivity index (χ3n) is 2.28. The van der Waals surface area contributed by atoms with Crippen molar-refractivity contribution in [1.29, 1.82) is 0 Å². The molecule has 1 aromatic carbocycles. The summed E-state index contributed by atoms with van der Waals surface area (Å²) in [7, 11) is -3.41. The summed E-state index contributed by atoms with van der Waals surface area (Å²) in [5.41, 5.74) is 0.723. The zero-order valence-electron chi connectivity index (χ0n) is 8.68. The molecule has 0 spiro atoms. The number of hydrogen-bond acceptors (Lipinski definition) is 3. The second-order valence-corrected chi connectivity index (χ2v) is 5.42. The monoisotopic (exact) mass is 242 g/mol. The summed E-state index contributed by atoms with van der Waals surface area (Å²) in [6.45, 7) is 0.177. The molecule has 0 atom stereocenters. The van der Waals surface area contributed by atoms with Gasteiger partial charge in [0.05, 0.1) is 0 Å². The van der Waals surface area contributed by atoms with E-state index in [1.807, 2.05) is 0 Å². The van der Waals surface area contributed by atoms with Crippen LogP contribution in [0, 0.1) is 0 Å². The molecule has 1 fully saturated rings. The van der Waals surface area contributed by atoms with Crippen LogP contribution in [0.3, 0.4) is 0 Å². The first kappa shape index (κ1) is 11.4. The zero-order chi connectivity index (χ0) is 11.6. The quantitative estimate of drug-likeness (QED) is 0.702. The Morgan fingerprint density at radius 3 is 2.75 bits per heavy atom. The summed E-state index contributed by atoms with van der Waals surface area (Å²) in [6.07, 6.45) is 1.82. The number of nitrogens with one attached hydrogen (secondary N) is 2. The van der Waals surface area contributed by atoms with Gasteiger partial charge in [0.25, 0.3) is 10.2 Å². The molecule has 0 heterocycles. The molecule has 3 N–H and O–H groups in total. The topological polar surface area (TPSA) is 78.4 Å². The molecule has 1 aliphatic rings. The number of phenolic OH excluding ortho intramolecular Hbond substituents is 1. The van der Waals surface area contributed by atoms with Crippen LogP contribution in [0.15, 0.2) is 24.3 Å². The maximum Gasteiger partial charge on any atom is 0.277 e. The van der Waals surface area contributed by atoms with E-state index in [9.17, 15) is 13.5 Å². The van der Waals surface area contributed by atoms with E-state index in [1.54, 1.807) is 18.2 Å².